The normalized spacial score (nSPS) is 17.0. The zero-order valence-electron chi connectivity index (χ0n) is 18.2. The van der Waals surface area contributed by atoms with E-state index in [2.05, 4.69) is 0 Å². The third-order valence-corrected chi connectivity index (χ3v) is 10.9. The molecule has 1 saturated heterocycles. The van der Waals surface area contributed by atoms with Crippen LogP contribution in [0.2, 0.25) is 5.02 Å². The first-order valence-electron chi connectivity index (χ1n) is 10.5. The van der Waals surface area contributed by atoms with Crippen LogP contribution in [0.4, 0.5) is 0 Å². The number of fused-ring (bicyclic) bond motifs is 1. The van der Waals surface area contributed by atoms with Crippen LogP contribution >= 0.6 is 34.7 Å². The summed E-state index contributed by atoms with van der Waals surface area (Å²) >= 11 is 9.03. The fourth-order valence-electron chi connectivity index (χ4n) is 4.02. The zero-order chi connectivity index (χ0) is 23.8. The summed E-state index contributed by atoms with van der Waals surface area (Å²) in [4.78, 5) is 11.7. The number of ether oxygens (including phenoxy) is 1. The highest BCUT2D eigenvalue weighted by Gasteiger charge is 2.37. The highest BCUT2D eigenvalue weighted by Crippen LogP contribution is 2.39. The number of halogens is 1. The fourth-order valence-corrected chi connectivity index (χ4v) is 8.99. The zero-order valence-corrected chi connectivity index (χ0v) is 21.4. The van der Waals surface area contributed by atoms with E-state index in [4.69, 9.17) is 21.4 Å². The minimum Gasteiger partial charge on any atom is -0.482 e. The van der Waals surface area contributed by atoms with Gasteiger partial charge in [-0.25, -0.2) is 13.2 Å². The minimum atomic E-state index is -3.61. The number of carboxylic acid groups (broad SMARTS) is 1. The molecule has 0 amide bonds. The van der Waals surface area contributed by atoms with E-state index in [1.807, 2.05) is 38.1 Å². The molecule has 10 heteroatoms. The lowest BCUT2D eigenvalue weighted by molar-refractivity contribution is -0.139. The summed E-state index contributed by atoms with van der Waals surface area (Å²) in [6.45, 7) is 3.84. The molecule has 2 aromatic carbocycles. The third kappa shape index (κ3) is 5.17. The number of benzene rings is 2. The fraction of sp³-hybridized carbons (Fsp3) is 0.348. The molecule has 6 nitrogen and oxygen atoms in total. The van der Waals surface area contributed by atoms with Gasteiger partial charge in [-0.15, -0.1) is 23.1 Å². The van der Waals surface area contributed by atoms with Gasteiger partial charge in [0, 0.05) is 33.0 Å². The summed E-state index contributed by atoms with van der Waals surface area (Å²) in [5.74, 6) is 0.156. The second-order valence-corrected chi connectivity index (χ2v) is 12.7. The van der Waals surface area contributed by atoms with E-state index in [0.717, 1.165) is 39.0 Å². The van der Waals surface area contributed by atoms with Gasteiger partial charge < -0.3 is 9.84 Å². The van der Waals surface area contributed by atoms with Gasteiger partial charge in [-0.1, -0.05) is 11.6 Å². The largest absolute Gasteiger partial charge is 0.482 e. The summed E-state index contributed by atoms with van der Waals surface area (Å²) in [6, 6.07) is 11.0. The Kier molecular flexibility index (Phi) is 7.26. The molecular weight excluding hydrogens is 502 g/mol. The van der Waals surface area contributed by atoms with Gasteiger partial charge in [0.1, 0.15) is 9.96 Å². The van der Waals surface area contributed by atoms with E-state index in [9.17, 15) is 13.2 Å². The maximum absolute atomic E-state index is 13.6. The summed E-state index contributed by atoms with van der Waals surface area (Å²) in [6.07, 6.45) is 1.65. The number of aryl methyl sites for hydroxylation is 2. The van der Waals surface area contributed by atoms with Crippen molar-refractivity contribution in [2.45, 2.75) is 41.8 Å². The summed E-state index contributed by atoms with van der Waals surface area (Å²) in [5, 5.41) is 10.3. The van der Waals surface area contributed by atoms with Gasteiger partial charge in [0.05, 0.1) is 0 Å². The predicted octanol–water partition coefficient (Wildman–Crippen LogP) is 5.58. The second kappa shape index (κ2) is 9.84. The highest BCUT2D eigenvalue weighted by molar-refractivity contribution is 7.99. The smallest absolute Gasteiger partial charge is 0.341 e. The second-order valence-electron chi connectivity index (χ2n) is 7.99. The molecule has 0 spiro atoms. The molecule has 1 fully saturated rings. The molecule has 1 unspecified atom stereocenters. The molecule has 1 aromatic heterocycles. The number of carboxylic acids is 1. The van der Waals surface area contributed by atoms with Gasteiger partial charge in [-0.2, -0.15) is 4.31 Å². The number of thioether (sulfide) groups is 1. The Morgan fingerprint density at radius 3 is 2.79 bits per heavy atom. The van der Waals surface area contributed by atoms with Gasteiger partial charge in [-0.3, -0.25) is 0 Å². The van der Waals surface area contributed by atoms with Crippen LogP contribution in [0, 0.1) is 13.8 Å². The predicted molar refractivity (Wildman–Crippen MR) is 134 cm³/mol. The van der Waals surface area contributed by atoms with Crippen LogP contribution in [0.1, 0.15) is 24.0 Å². The lowest BCUT2D eigenvalue weighted by Gasteiger charge is -2.23. The van der Waals surface area contributed by atoms with Gasteiger partial charge in [-0.05, 0) is 79.6 Å². The van der Waals surface area contributed by atoms with Crippen molar-refractivity contribution in [1.82, 2.24) is 4.31 Å². The van der Waals surface area contributed by atoms with E-state index in [1.54, 1.807) is 28.2 Å². The van der Waals surface area contributed by atoms with Gasteiger partial charge >= 0.3 is 5.97 Å². The lowest BCUT2D eigenvalue weighted by Crippen LogP contribution is -2.36. The van der Waals surface area contributed by atoms with Crippen LogP contribution in [0.15, 0.2) is 45.5 Å². The average molecular weight is 526 g/mol. The van der Waals surface area contributed by atoms with Crippen molar-refractivity contribution in [1.29, 1.82) is 0 Å². The molecule has 0 aliphatic carbocycles. The van der Waals surface area contributed by atoms with Crippen molar-refractivity contribution in [3.63, 3.8) is 0 Å². The molecule has 2 heterocycles. The van der Waals surface area contributed by atoms with Crippen LogP contribution in [0.3, 0.4) is 0 Å². The van der Waals surface area contributed by atoms with Crippen LogP contribution in [-0.4, -0.2) is 48.7 Å². The van der Waals surface area contributed by atoms with Crippen LogP contribution in [0.25, 0.3) is 10.1 Å². The number of hydrogen-bond donors (Lipinski definition) is 1. The quantitative estimate of drug-likeness (QED) is 0.386. The monoisotopic (exact) mass is 525 g/mol. The van der Waals surface area contributed by atoms with Crippen molar-refractivity contribution in [2.24, 2.45) is 0 Å². The molecule has 1 aliphatic heterocycles. The molecule has 0 radical (unpaired) electrons. The first-order valence-corrected chi connectivity index (χ1v) is 14.1. The van der Waals surface area contributed by atoms with Crippen LogP contribution in [-0.2, 0) is 14.8 Å². The number of sulfonamides is 1. The molecule has 0 saturated carbocycles. The van der Waals surface area contributed by atoms with Crippen molar-refractivity contribution < 1.29 is 23.1 Å². The maximum atomic E-state index is 13.6. The summed E-state index contributed by atoms with van der Waals surface area (Å²) < 4.78 is 35.4. The number of aliphatic carboxylic acids is 1. The average Bonchev–Trinajstić information content (AvgIpc) is 3.37. The third-order valence-electron chi connectivity index (χ3n) is 5.66. The van der Waals surface area contributed by atoms with E-state index in [1.165, 1.54) is 11.3 Å². The van der Waals surface area contributed by atoms with E-state index in [-0.39, 0.29) is 12.6 Å². The van der Waals surface area contributed by atoms with Gasteiger partial charge in [0.2, 0.25) is 0 Å². The Labute approximate surface area is 206 Å². The molecule has 3 aromatic rings. The van der Waals surface area contributed by atoms with Crippen LogP contribution < -0.4 is 4.74 Å². The van der Waals surface area contributed by atoms with Crippen molar-refractivity contribution in [3.8, 4) is 5.75 Å². The van der Waals surface area contributed by atoms with Crippen LogP contribution in [0.5, 0.6) is 5.75 Å². The van der Waals surface area contributed by atoms with Crippen molar-refractivity contribution >= 4 is 60.8 Å². The number of carbonyl (C=O) groups is 1. The number of rotatable bonds is 8. The maximum Gasteiger partial charge on any atom is 0.341 e. The first kappa shape index (κ1) is 24.3. The molecule has 1 aliphatic rings. The topological polar surface area (TPSA) is 83.9 Å². The number of thiophene rings is 1. The van der Waals surface area contributed by atoms with E-state index in [0.29, 0.717) is 27.3 Å². The summed E-state index contributed by atoms with van der Waals surface area (Å²) in [7, 11) is -3.61. The van der Waals surface area contributed by atoms with Gasteiger partial charge in [0.25, 0.3) is 10.0 Å². The first-order chi connectivity index (χ1) is 15.7. The molecular formula is C23H24ClNO5S3. The molecule has 1 N–H and O–H groups in total. The Morgan fingerprint density at radius 1 is 1.27 bits per heavy atom. The van der Waals surface area contributed by atoms with Crippen molar-refractivity contribution in [3.05, 3.63) is 52.5 Å². The molecule has 0 bridgehead atoms. The molecule has 4 rings (SSSR count). The van der Waals surface area contributed by atoms with Crippen molar-refractivity contribution in [2.75, 3.05) is 18.9 Å². The Morgan fingerprint density at radius 2 is 2.06 bits per heavy atom. The number of nitrogens with zero attached hydrogens (tertiary/aromatic N) is 1. The lowest BCUT2D eigenvalue weighted by atomic mass is 10.2. The minimum absolute atomic E-state index is 0.0866. The molecule has 33 heavy (non-hydrogen) atoms. The highest BCUT2D eigenvalue weighted by atomic mass is 35.5. The Balaban J connectivity index is 1.50. The summed E-state index contributed by atoms with van der Waals surface area (Å²) in [5.41, 5.74) is 1.60. The van der Waals surface area contributed by atoms with E-state index < -0.39 is 16.0 Å². The van der Waals surface area contributed by atoms with Gasteiger partial charge in [0.15, 0.2) is 6.61 Å². The molecule has 1 atom stereocenters. The SMILES string of the molecule is Cc1cc(SCC2CCCN2S(=O)(=O)c2sc3ccc(Cl)cc3c2C)ccc1OCC(=O)O. The standard InChI is InChI=1S/C23H24ClNO5S3/c1-14-10-18(6-7-20(14)30-12-22(26)27)31-13-17-4-3-9-25(17)33(28,29)23-15(2)19-11-16(24)5-8-21(19)32-23/h5-8,10-11,17H,3-4,9,12-13H2,1-2H3,(H,26,27). The Bertz CT molecular complexity index is 1300. The van der Waals surface area contributed by atoms with E-state index >= 15 is 0 Å². The Hall–Kier alpha value is -1.78. The molecule has 176 valence electrons. The number of hydrogen-bond acceptors (Lipinski definition) is 6.